The molecule has 0 aliphatic carbocycles. The molecule has 1 aromatic rings. The summed E-state index contributed by atoms with van der Waals surface area (Å²) in [5.41, 5.74) is 2.40. The van der Waals surface area contributed by atoms with Crippen molar-refractivity contribution in [2.45, 2.75) is 45.2 Å². The molecule has 2 atom stereocenters. The highest BCUT2D eigenvalue weighted by atomic mass is 16.4. The minimum atomic E-state index is -0.727. The van der Waals surface area contributed by atoms with E-state index < -0.39 is 5.97 Å². The van der Waals surface area contributed by atoms with Crippen molar-refractivity contribution in [3.63, 3.8) is 0 Å². The molecule has 1 aliphatic heterocycles. The zero-order valence-corrected chi connectivity index (χ0v) is 13.2. The molecule has 0 saturated carbocycles. The number of carbonyl (C=O) groups is 1. The summed E-state index contributed by atoms with van der Waals surface area (Å²) in [7, 11) is 2.16. The minimum absolute atomic E-state index is 0.190. The van der Waals surface area contributed by atoms with Crippen molar-refractivity contribution in [1.29, 1.82) is 0 Å². The first-order valence-corrected chi connectivity index (χ1v) is 7.73. The Balaban J connectivity index is 2.20. The van der Waals surface area contributed by atoms with Gasteiger partial charge in [0.2, 0.25) is 0 Å². The number of carboxylic acids is 1. The number of likely N-dealkylation sites (tertiary alicyclic amines) is 1. The molecule has 0 aromatic heterocycles. The second-order valence-electron chi connectivity index (χ2n) is 6.13. The van der Waals surface area contributed by atoms with Crippen molar-refractivity contribution in [1.82, 2.24) is 4.90 Å². The van der Waals surface area contributed by atoms with Gasteiger partial charge in [0.15, 0.2) is 0 Å². The number of para-hydroxylation sites is 1. The number of benzene rings is 1. The van der Waals surface area contributed by atoms with E-state index >= 15 is 0 Å². The molecule has 0 bridgehead atoms. The highest BCUT2D eigenvalue weighted by Gasteiger charge is 2.28. The van der Waals surface area contributed by atoms with Crippen LogP contribution in [-0.4, -0.2) is 48.2 Å². The first-order valence-electron chi connectivity index (χ1n) is 7.73. The predicted molar refractivity (Wildman–Crippen MR) is 85.9 cm³/mol. The van der Waals surface area contributed by atoms with Crippen LogP contribution in [0.4, 0.5) is 5.69 Å². The minimum Gasteiger partial charge on any atom is -0.481 e. The van der Waals surface area contributed by atoms with Crippen molar-refractivity contribution in [3.8, 4) is 0 Å². The van der Waals surface area contributed by atoms with Gasteiger partial charge in [0.1, 0.15) is 0 Å². The molecule has 4 nitrogen and oxygen atoms in total. The summed E-state index contributed by atoms with van der Waals surface area (Å²) in [4.78, 5) is 15.7. The van der Waals surface area contributed by atoms with Crippen LogP contribution in [0.15, 0.2) is 24.3 Å². The summed E-state index contributed by atoms with van der Waals surface area (Å²) in [6, 6.07) is 9.25. The summed E-state index contributed by atoms with van der Waals surface area (Å²) in [5.74, 6) is -0.727. The SMILES string of the molecule is Cc1ccccc1N(CCC(=O)O)C1CCN(C)C(C)C1. The van der Waals surface area contributed by atoms with Crippen LogP contribution in [0.1, 0.15) is 31.7 Å². The Bertz CT molecular complexity index is 489. The zero-order valence-electron chi connectivity index (χ0n) is 13.2. The first-order chi connectivity index (χ1) is 9.99. The van der Waals surface area contributed by atoms with Gasteiger partial charge in [0.25, 0.3) is 0 Å². The van der Waals surface area contributed by atoms with Crippen LogP contribution in [-0.2, 0) is 4.79 Å². The smallest absolute Gasteiger partial charge is 0.305 e. The van der Waals surface area contributed by atoms with E-state index in [-0.39, 0.29) is 6.42 Å². The Morgan fingerprint density at radius 2 is 2.14 bits per heavy atom. The molecule has 1 aromatic carbocycles. The van der Waals surface area contributed by atoms with E-state index in [2.05, 4.69) is 42.8 Å². The fourth-order valence-electron chi connectivity index (χ4n) is 3.15. The molecule has 2 unspecified atom stereocenters. The molecule has 116 valence electrons. The number of aliphatic carboxylic acids is 1. The average Bonchev–Trinajstić information content (AvgIpc) is 2.44. The van der Waals surface area contributed by atoms with Gasteiger partial charge in [-0.05, 0) is 45.4 Å². The Labute approximate surface area is 127 Å². The predicted octanol–water partition coefficient (Wildman–Crippen LogP) is 2.76. The maximum absolute atomic E-state index is 11.0. The molecule has 1 fully saturated rings. The van der Waals surface area contributed by atoms with Crippen LogP contribution in [0, 0.1) is 6.92 Å². The number of rotatable bonds is 5. The third-order valence-electron chi connectivity index (χ3n) is 4.61. The van der Waals surface area contributed by atoms with E-state index in [9.17, 15) is 4.79 Å². The number of hydrogen-bond acceptors (Lipinski definition) is 3. The summed E-state index contributed by atoms with van der Waals surface area (Å²) in [5, 5.41) is 9.04. The molecule has 1 saturated heterocycles. The first kappa shape index (κ1) is 15.8. The van der Waals surface area contributed by atoms with Crippen molar-refractivity contribution in [3.05, 3.63) is 29.8 Å². The number of anilines is 1. The number of aryl methyl sites for hydroxylation is 1. The van der Waals surface area contributed by atoms with Crippen molar-refractivity contribution >= 4 is 11.7 Å². The van der Waals surface area contributed by atoms with Gasteiger partial charge >= 0.3 is 5.97 Å². The molecular weight excluding hydrogens is 264 g/mol. The highest BCUT2D eigenvalue weighted by Crippen LogP contribution is 2.28. The molecule has 2 rings (SSSR count). The quantitative estimate of drug-likeness (QED) is 0.905. The van der Waals surface area contributed by atoms with Crippen LogP contribution >= 0.6 is 0 Å². The fourth-order valence-corrected chi connectivity index (χ4v) is 3.15. The molecule has 1 heterocycles. The number of nitrogens with zero attached hydrogens (tertiary/aromatic N) is 2. The van der Waals surface area contributed by atoms with E-state index in [0.29, 0.717) is 18.6 Å². The third-order valence-corrected chi connectivity index (χ3v) is 4.61. The molecule has 0 radical (unpaired) electrons. The molecule has 21 heavy (non-hydrogen) atoms. The van der Waals surface area contributed by atoms with Gasteiger partial charge in [0, 0.05) is 30.9 Å². The van der Waals surface area contributed by atoms with Gasteiger partial charge in [-0.3, -0.25) is 4.79 Å². The molecular formula is C17H26N2O2. The van der Waals surface area contributed by atoms with Crippen molar-refractivity contribution < 1.29 is 9.90 Å². The average molecular weight is 290 g/mol. The maximum atomic E-state index is 11.0. The van der Waals surface area contributed by atoms with E-state index in [1.54, 1.807) is 0 Å². The number of carboxylic acid groups (broad SMARTS) is 1. The monoisotopic (exact) mass is 290 g/mol. The second kappa shape index (κ2) is 6.94. The van der Waals surface area contributed by atoms with Crippen molar-refractivity contribution in [2.75, 3.05) is 25.0 Å². The Morgan fingerprint density at radius 1 is 1.43 bits per heavy atom. The third kappa shape index (κ3) is 3.97. The van der Waals surface area contributed by atoms with Gasteiger partial charge in [0.05, 0.1) is 6.42 Å². The standard InChI is InChI=1S/C17H26N2O2/c1-13-6-4-5-7-16(13)19(11-9-17(20)21)15-8-10-18(3)14(2)12-15/h4-7,14-15H,8-12H2,1-3H3,(H,20,21). The van der Waals surface area contributed by atoms with E-state index in [1.165, 1.54) is 11.3 Å². The molecule has 1 N–H and O–H groups in total. The van der Waals surface area contributed by atoms with Gasteiger partial charge in [-0.15, -0.1) is 0 Å². The Morgan fingerprint density at radius 3 is 2.76 bits per heavy atom. The van der Waals surface area contributed by atoms with Gasteiger partial charge in [-0.25, -0.2) is 0 Å². The fraction of sp³-hybridized carbons (Fsp3) is 0.588. The number of piperidine rings is 1. The lowest BCUT2D eigenvalue weighted by Gasteiger charge is -2.42. The van der Waals surface area contributed by atoms with Crippen LogP contribution in [0.2, 0.25) is 0 Å². The van der Waals surface area contributed by atoms with E-state index in [0.717, 1.165) is 19.4 Å². The molecule has 1 aliphatic rings. The van der Waals surface area contributed by atoms with Crippen LogP contribution < -0.4 is 4.90 Å². The lowest BCUT2D eigenvalue weighted by atomic mass is 9.96. The molecule has 0 amide bonds. The molecule has 4 heteroatoms. The normalized spacial score (nSPS) is 23.0. The summed E-state index contributed by atoms with van der Waals surface area (Å²) in [6.45, 7) is 6.00. The van der Waals surface area contributed by atoms with Crippen LogP contribution in [0.5, 0.6) is 0 Å². The van der Waals surface area contributed by atoms with E-state index in [4.69, 9.17) is 5.11 Å². The topological polar surface area (TPSA) is 43.8 Å². The van der Waals surface area contributed by atoms with Crippen LogP contribution in [0.25, 0.3) is 0 Å². The lowest BCUT2D eigenvalue weighted by Crippen LogP contribution is -2.48. The lowest BCUT2D eigenvalue weighted by molar-refractivity contribution is -0.136. The maximum Gasteiger partial charge on any atom is 0.305 e. The highest BCUT2D eigenvalue weighted by molar-refractivity contribution is 5.68. The van der Waals surface area contributed by atoms with Gasteiger partial charge in [-0.1, -0.05) is 18.2 Å². The number of hydrogen-bond donors (Lipinski definition) is 1. The summed E-state index contributed by atoms with van der Waals surface area (Å²) < 4.78 is 0. The van der Waals surface area contributed by atoms with E-state index in [1.807, 2.05) is 12.1 Å². The Kier molecular flexibility index (Phi) is 5.23. The van der Waals surface area contributed by atoms with Crippen LogP contribution in [0.3, 0.4) is 0 Å². The molecule has 0 spiro atoms. The summed E-state index contributed by atoms with van der Waals surface area (Å²) in [6.07, 6.45) is 2.37. The van der Waals surface area contributed by atoms with Gasteiger partial charge in [-0.2, -0.15) is 0 Å². The van der Waals surface area contributed by atoms with Gasteiger partial charge < -0.3 is 14.9 Å². The zero-order chi connectivity index (χ0) is 15.4. The summed E-state index contributed by atoms with van der Waals surface area (Å²) >= 11 is 0. The largest absolute Gasteiger partial charge is 0.481 e. The Hall–Kier alpha value is -1.55. The second-order valence-corrected chi connectivity index (χ2v) is 6.13. The van der Waals surface area contributed by atoms with Crippen molar-refractivity contribution in [2.24, 2.45) is 0 Å².